The number of likely N-dealkylation sites (tertiary alicyclic amines) is 1. The van der Waals surface area contributed by atoms with Gasteiger partial charge in [0, 0.05) is 17.2 Å². The number of nitrogens with zero attached hydrogens (tertiary/aromatic N) is 1. The van der Waals surface area contributed by atoms with Gasteiger partial charge in [-0.15, -0.1) is 11.8 Å². The van der Waals surface area contributed by atoms with Crippen LogP contribution in [0.5, 0.6) is 0 Å². The van der Waals surface area contributed by atoms with E-state index >= 15 is 0 Å². The van der Waals surface area contributed by atoms with Crippen LogP contribution in [0.1, 0.15) is 65.7 Å². The lowest BCUT2D eigenvalue weighted by molar-refractivity contribution is -0.140. The molecule has 182 valence electrons. The molecule has 1 aromatic carbocycles. The second kappa shape index (κ2) is 10.8. The van der Waals surface area contributed by atoms with Gasteiger partial charge in [0.2, 0.25) is 11.8 Å². The fourth-order valence-electron chi connectivity index (χ4n) is 4.82. The Morgan fingerprint density at radius 2 is 1.79 bits per heavy atom. The van der Waals surface area contributed by atoms with Gasteiger partial charge >= 0.3 is 6.03 Å². The first-order chi connectivity index (χ1) is 15.6. The lowest BCUT2D eigenvalue weighted by atomic mass is 9.83. The highest BCUT2D eigenvalue weighted by Gasteiger charge is 2.42. The summed E-state index contributed by atoms with van der Waals surface area (Å²) in [7, 11) is 0. The van der Waals surface area contributed by atoms with E-state index in [9.17, 15) is 14.4 Å². The summed E-state index contributed by atoms with van der Waals surface area (Å²) < 4.78 is 0. The minimum atomic E-state index is -0.750. The van der Waals surface area contributed by atoms with Gasteiger partial charge in [-0.05, 0) is 43.2 Å². The number of hydrogen-bond acceptors (Lipinski definition) is 4. The maximum absolute atomic E-state index is 13.4. The van der Waals surface area contributed by atoms with Crippen LogP contribution >= 0.6 is 11.8 Å². The zero-order chi connectivity index (χ0) is 24.1. The van der Waals surface area contributed by atoms with Crippen molar-refractivity contribution in [3.8, 4) is 0 Å². The number of nitrogens with two attached hydrogens (primary N) is 1. The molecule has 4 amide bonds. The van der Waals surface area contributed by atoms with Crippen molar-refractivity contribution in [2.24, 2.45) is 11.1 Å². The third-order valence-corrected chi connectivity index (χ3v) is 8.00. The second-order valence-corrected chi connectivity index (χ2v) is 11.5. The Labute approximate surface area is 201 Å². The molecule has 2 aliphatic rings. The lowest BCUT2D eigenvalue weighted by Gasteiger charge is -2.40. The largest absolute Gasteiger partial charge is 0.368 e. The van der Waals surface area contributed by atoms with Crippen LogP contribution in [0.3, 0.4) is 0 Å². The summed E-state index contributed by atoms with van der Waals surface area (Å²) in [5, 5.41) is 6.21. The SMILES string of the molecule is CC(C)(C)C(NC(=O)NC1(CSc2ccccc2)CCCCC1)C(=O)N1CCCC1C(N)=O. The Morgan fingerprint density at radius 3 is 2.39 bits per heavy atom. The molecule has 1 aliphatic heterocycles. The van der Waals surface area contributed by atoms with E-state index in [-0.39, 0.29) is 17.5 Å². The Bertz CT molecular complexity index is 834. The molecule has 0 bridgehead atoms. The third kappa shape index (κ3) is 6.65. The highest BCUT2D eigenvalue weighted by molar-refractivity contribution is 7.99. The summed E-state index contributed by atoms with van der Waals surface area (Å²) in [6.45, 7) is 6.26. The number of hydrogen-bond donors (Lipinski definition) is 3. The number of urea groups is 1. The predicted molar refractivity (Wildman–Crippen MR) is 132 cm³/mol. The maximum Gasteiger partial charge on any atom is 0.315 e. The molecule has 4 N–H and O–H groups in total. The number of nitrogens with one attached hydrogen (secondary N) is 2. The summed E-state index contributed by atoms with van der Waals surface area (Å²) in [4.78, 5) is 41.2. The van der Waals surface area contributed by atoms with Gasteiger partial charge in [-0.2, -0.15) is 0 Å². The average molecular weight is 475 g/mol. The second-order valence-electron chi connectivity index (χ2n) is 10.4. The number of carbonyl (C=O) groups excluding carboxylic acids is 3. The van der Waals surface area contributed by atoms with E-state index in [2.05, 4.69) is 22.8 Å². The summed E-state index contributed by atoms with van der Waals surface area (Å²) in [6, 6.07) is 8.54. The minimum absolute atomic E-state index is 0.240. The summed E-state index contributed by atoms with van der Waals surface area (Å²) in [5.41, 5.74) is 4.70. The number of thioether (sulfide) groups is 1. The van der Waals surface area contributed by atoms with Crippen LogP contribution in [-0.2, 0) is 9.59 Å². The first-order valence-corrected chi connectivity index (χ1v) is 13.0. The number of rotatable bonds is 7. The smallest absolute Gasteiger partial charge is 0.315 e. The molecule has 0 aromatic heterocycles. The summed E-state index contributed by atoms with van der Waals surface area (Å²) in [6.07, 6.45) is 6.48. The van der Waals surface area contributed by atoms with Crippen LogP contribution in [0.2, 0.25) is 0 Å². The van der Waals surface area contributed by atoms with Crippen LogP contribution in [-0.4, -0.2) is 52.7 Å². The van der Waals surface area contributed by atoms with Crippen molar-refractivity contribution in [3.63, 3.8) is 0 Å². The molecule has 2 unspecified atom stereocenters. The van der Waals surface area contributed by atoms with E-state index in [4.69, 9.17) is 5.73 Å². The predicted octanol–water partition coefficient (Wildman–Crippen LogP) is 3.67. The van der Waals surface area contributed by atoms with Gasteiger partial charge in [-0.25, -0.2) is 4.79 Å². The molecule has 33 heavy (non-hydrogen) atoms. The molecular weight excluding hydrogens is 436 g/mol. The van der Waals surface area contributed by atoms with Gasteiger partial charge in [0.1, 0.15) is 12.1 Å². The van der Waals surface area contributed by atoms with Crippen LogP contribution < -0.4 is 16.4 Å². The highest BCUT2D eigenvalue weighted by atomic mass is 32.2. The first-order valence-electron chi connectivity index (χ1n) is 12.0. The molecule has 7 nitrogen and oxygen atoms in total. The van der Waals surface area contributed by atoms with E-state index in [1.165, 1.54) is 11.3 Å². The van der Waals surface area contributed by atoms with E-state index in [1.54, 1.807) is 16.7 Å². The molecular formula is C25H38N4O3S. The van der Waals surface area contributed by atoms with Crippen molar-refractivity contribution in [2.45, 2.75) is 88.2 Å². The highest BCUT2D eigenvalue weighted by Crippen LogP contribution is 2.34. The van der Waals surface area contributed by atoms with E-state index in [1.807, 2.05) is 39.0 Å². The van der Waals surface area contributed by atoms with Crippen molar-refractivity contribution in [2.75, 3.05) is 12.3 Å². The molecule has 1 aromatic rings. The number of amides is 4. The number of benzene rings is 1. The molecule has 1 heterocycles. The van der Waals surface area contributed by atoms with Gasteiger partial charge in [-0.1, -0.05) is 58.2 Å². The molecule has 0 radical (unpaired) electrons. The Kier molecular flexibility index (Phi) is 8.32. The van der Waals surface area contributed by atoms with Crippen LogP contribution in [0.15, 0.2) is 35.2 Å². The zero-order valence-corrected chi connectivity index (χ0v) is 20.9. The number of primary amides is 1. The first kappa shape index (κ1) is 25.4. The average Bonchev–Trinajstić information content (AvgIpc) is 3.27. The van der Waals surface area contributed by atoms with Gasteiger partial charge in [0.05, 0.1) is 5.54 Å². The normalized spacial score (nSPS) is 21.3. The molecule has 2 fully saturated rings. The summed E-state index contributed by atoms with van der Waals surface area (Å²) in [5.74, 6) is 0.0569. The molecule has 2 atom stereocenters. The Hall–Kier alpha value is -2.22. The lowest BCUT2D eigenvalue weighted by Crippen LogP contribution is -2.62. The minimum Gasteiger partial charge on any atom is -0.368 e. The monoisotopic (exact) mass is 474 g/mol. The van der Waals surface area contributed by atoms with Gasteiger partial charge in [-0.3, -0.25) is 9.59 Å². The van der Waals surface area contributed by atoms with Gasteiger partial charge in [0.25, 0.3) is 0 Å². The van der Waals surface area contributed by atoms with Crippen molar-refractivity contribution in [3.05, 3.63) is 30.3 Å². The molecule has 0 spiro atoms. The van der Waals surface area contributed by atoms with Crippen molar-refractivity contribution < 1.29 is 14.4 Å². The van der Waals surface area contributed by atoms with Crippen molar-refractivity contribution in [1.29, 1.82) is 0 Å². The quantitative estimate of drug-likeness (QED) is 0.525. The topological polar surface area (TPSA) is 105 Å². The van der Waals surface area contributed by atoms with E-state index in [0.29, 0.717) is 13.0 Å². The zero-order valence-electron chi connectivity index (χ0n) is 20.1. The third-order valence-electron chi connectivity index (χ3n) is 6.70. The molecule has 1 saturated carbocycles. The standard InChI is InChI=1S/C25H38N4O3S/c1-24(2,3)20(22(31)29-16-10-13-19(29)21(26)30)27-23(32)28-25(14-8-5-9-15-25)17-33-18-11-6-4-7-12-18/h4,6-7,11-12,19-20H,5,8-10,13-17H2,1-3H3,(H2,26,30)(H2,27,28,32). The number of carbonyl (C=O) groups is 3. The molecule has 1 saturated heterocycles. The van der Waals surface area contributed by atoms with Crippen LogP contribution in [0.25, 0.3) is 0 Å². The maximum atomic E-state index is 13.4. The van der Waals surface area contributed by atoms with Gasteiger partial charge in [0.15, 0.2) is 0 Å². The molecule has 3 rings (SSSR count). The fraction of sp³-hybridized carbons (Fsp3) is 0.640. The molecule has 8 heteroatoms. The Morgan fingerprint density at radius 1 is 1.12 bits per heavy atom. The van der Waals surface area contributed by atoms with Crippen LogP contribution in [0.4, 0.5) is 4.79 Å². The fourth-order valence-corrected chi connectivity index (χ4v) is 5.97. The van der Waals surface area contributed by atoms with Crippen molar-refractivity contribution in [1.82, 2.24) is 15.5 Å². The van der Waals surface area contributed by atoms with E-state index in [0.717, 1.165) is 37.9 Å². The molecule has 1 aliphatic carbocycles. The van der Waals surface area contributed by atoms with Gasteiger partial charge < -0.3 is 21.3 Å². The Balaban J connectivity index is 1.71. The summed E-state index contributed by atoms with van der Waals surface area (Å²) >= 11 is 1.75. The van der Waals surface area contributed by atoms with E-state index < -0.39 is 23.4 Å². The van der Waals surface area contributed by atoms with Crippen molar-refractivity contribution >= 4 is 29.6 Å². The van der Waals surface area contributed by atoms with Crippen LogP contribution in [0, 0.1) is 5.41 Å².